The topological polar surface area (TPSA) is 45.7 Å². The molecule has 3 heterocycles. The van der Waals surface area contributed by atoms with Crippen LogP contribution in [0.5, 0.6) is 0 Å². The number of hydrogen-bond donors (Lipinski definition) is 0. The van der Waals surface area contributed by atoms with Crippen LogP contribution >= 0.6 is 0 Å². The first-order valence-electron chi connectivity index (χ1n) is 9.57. The number of carbonyl (C=O) groups is 1. The molecule has 138 valence electrons. The Balaban J connectivity index is 1.81. The zero-order valence-corrected chi connectivity index (χ0v) is 16.0. The molecule has 3 rings (SSSR count). The Morgan fingerprint density at radius 2 is 1.80 bits per heavy atom. The molecule has 2 aliphatic heterocycles. The monoisotopic (exact) mass is 345 g/mol. The summed E-state index contributed by atoms with van der Waals surface area (Å²) in [7, 11) is 0. The lowest BCUT2D eigenvalue weighted by Gasteiger charge is -2.37. The van der Waals surface area contributed by atoms with E-state index in [9.17, 15) is 4.79 Å². The molecule has 0 N–H and O–H groups in total. The molecule has 1 atom stereocenters. The van der Waals surface area contributed by atoms with Crippen LogP contribution in [-0.4, -0.2) is 41.2 Å². The second kappa shape index (κ2) is 7.22. The van der Waals surface area contributed by atoms with E-state index in [1.807, 2.05) is 25.7 Å². The zero-order chi connectivity index (χ0) is 18.0. The molecular weight excluding hydrogens is 314 g/mol. The lowest BCUT2D eigenvalue weighted by molar-refractivity contribution is 0.00942. The van der Waals surface area contributed by atoms with E-state index in [0.717, 1.165) is 56.0 Å². The summed E-state index contributed by atoms with van der Waals surface area (Å²) in [6.07, 6.45) is 5.44. The normalized spacial score (nSPS) is 21.5. The second-order valence-electron chi connectivity index (χ2n) is 8.22. The third-order valence-electron chi connectivity index (χ3n) is 5.03. The van der Waals surface area contributed by atoms with Crippen LogP contribution in [0.1, 0.15) is 70.2 Å². The SMILES string of the molecule is Cc1nc(N2CCCC2)ccc1[C@@H]1CCCCN1C(=O)OC(C)(C)C. The van der Waals surface area contributed by atoms with Crippen molar-refractivity contribution in [3.8, 4) is 0 Å². The Morgan fingerprint density at radius 3 is 2.44 bits per heavy atom. The number of likely N-dealkylation sites (tertiary alicyclic amines) is 1. The summed E-state index contributed by atoms with van der Waals surface area (Å²) in [6, 6.07) is 4.36. The lowest BCUT2D eigenvalue weighted by atomic mass is 9.94. The number of nitrogens with zero attached hydrogens (tertiary/aromatic N) is 3. The molecule has 0 aromatic carbocycles. The van der Waals surface area contributed by atoms with Gasteiger partial charge in [-0.2, -0.15) is 0 Å². The summed E-state index contributed by atoms with van der Waals surface area (Å²) in [5, 5.41) is 0. The Labute approximate surface area is 151 Å². The van der Waals surface area contributed by atoms with Crippen LogP contribution in [0.2, 0.25) is 0 Å². The molecule has 0 spiro atoms. The number of hydrogen-bond acceptors (Lipinski definition) is 4. The van der Waals surface area contributed by atoms with E-state index in [1.54, 1.807) is 0 Å². The minimum Gasteiger partial charge on any atom is -0.444 e. The molecule has 1 aromatic rings. The minimum absolute atomic E-state index is 0.0729. The van der Waals surface area contributed by atoms with Crippen LogP contribution in [0, 0.1) is 6.92 Å². The van der Waals surface area contributed by atoms with Crippen molar-refractivity contribution in [2.45, 2.75) is 71.4 Å². The fourth-order valence-electron chi connectivity index (χ4n) is 3.83. The van der Waals surface area contributed by atoms with Crippen molar-refractivity contribution in [2.75, 3.05) is 24.5 Å². The van der Waals surface area contributed by atoms with Crippen molar-refractivity contribution in [3.05, 3.63) is 23.4 Å². The number of aryl methyl sites for hydroxylation is 1. The number of piperidine rings is 1. The van der Waals surface area contributed by atoms with E-state index >= 15 is 0 Å². The third kappa shape index (κ3) is 4.25. The van der Waals surface area contributed by atoms with Crippen LogP contribution < -0.4 is 4.90 Å². The molecule has 5 nitrogen and oxygen atoms in total. The highest BCUT2D eigenvalue weighted by Gasteiger charge is 2.32. The fraction of sp³-hybridized carbons (Fsp3) is 0.700. The number of pyridine rings is 1. The Hall–Kier alpha value is -1.78. The van der Waals surface area contributed by atoms with Gasteiger partial charge in [-0.1, -0.05) is 6.07 Å². The van der Waals surface area contributed by atoms with Gasteiger partial charge in [0.25, 0.3) is 0 Å². The molecule has 2 fully saturated rings. The van der Waals surface area contributed by atoms with Crippen LogP contribution in [-0.2, 0) is 4.74 Å². The molecule has 1 aromatic heterocycles. The Kier molecular flexibility index (Phi) is 5.21. The molecule has 0 bridgehead atoms. The first-order chi connectivity index (χ1) is 11.8. The maximum atomic E-state index is 12.7. The zero-order valence-electron chi connectivity index (χ0n) is 16.0. The molecule has 5 heteroatoms. The van der Waals surface area contributed by atoms with E-state index in [0.29, 0.717) is 0 Å². The molecular formula is C20H31N3O2. The van der Waals surface area contributed by atoms with Crippen molar-refractivity contribution < 1.29 is 9.53 Å². The van der Waals surface area contributed by atoms with Crippen molar-refractivity contribution in [1.29, 1.82) is 0 Å². The molecule has 25 heavy (non-hydrogen) atoms. The molecule has 0 aliphatic carbocycles. The van der Waals surface area contributed by atoms with Gasteiger partial charge in [-0.15, -0.1) is 0 Å². The van der Waals surface area contributed by atoms with Crippen LogP contribution in [0.15, 0.2) is 12.1 Å². The number of rotatable bonds is 2. The highest BCUT2D eigenvalue weighted by Crippen LogP contribution is 2.34. The molecule has 1 amide bonds. The number of amides is 1. The second-order valence-corrected chi connectivity index (χ2v) is 8.22. The molecule has 0 saturated carbocycles. The first-order valence-corrected chi connectivity index (χ1v) is 9.57. The Bertz CT molecular complexity index is 618. The van der Waals surface area contributed by atoms with Crippen molar-refractivity contribution in [3.63, 3.8) is 0 Å². The Morgan fingerprint density at radius 1 is 1.12 bits per heavy atom. The third-order valence-corrected chi connectivity index (χ3v) is 5.03. The molecule has 2 aliphatic rings. The quantitative estimate of drug-likeness (QED) is 0.794. The average Bonchev–Trinajstić information content (AvgIpc) is 3.07. The summed E-state index contributed by atoms with van der Waals surface area (Å²) in [5.74, 6) is 1.07. The molecule has 0 unspecified atom stereocenters. The van der Waals surface area contributed by atoms with Gasteiger partial charge in [0, 0.05) is 25.3 Å². The van der Waals surface area contributed by atoms with E-state index in [4.69, 9.17) is 9.72 Å². The van der Waals surface area contributed by atoms with E-state index in [-0.39, 0.29) is 12.1 Å². The van der Waals surface area contributed by atoms with Gasteiger partial charge in [0.2, 0.25) is 0 Å². The van der Waals surface area contributed by atoms with Crippen molar-refractivity contribution >= 4 is 11.9 Å². The highest BCUT2D eigenvalue weighted by molar-refractivity contribution is 5.69. The van der Waals surface area contributed by atoms with Gasteiger partial charge in [-0.3, -0.25) is 0 Å². The number of ether oxygens (including phenoxy) is 1. The average molecular weight is 345 g/mol. The summed E-state index contributed by atoms with van der Waals surface area (Å²) in [5.41, 5.74) is 1.73. The van der Waals surface area contributed by atoms with Crippen molar-refractivity contribution in [2.24, 2.45) is 0 Å². The maximum Gasteiger partial charge on any atom is 0.410 e. The van der Waals surface area contributed by atoms with Gasteiger partial charge in [0.1, 0.15) is 11.4 Å². The van der Waals surface area contributed by atoms with Gasteiger partial charge < -0.3 is 14.5 Å². The van der Waals surface area contributed by atoms with E-state index in [1.165, 1.54) is 12.8 Å². The van der Waals surface area contributed by atoms with Crippen molar-refractivity contribution in [1.82, 2.24) is 9.88 Å². The van der Waals surface area contributed by atoms with Crippen LogP contribution in [0.25, 0.3) is 0 Å². The maximum absolute atomic E-state index is 12.7. The summed E-state index contributed by atoms with van der Waals surface area (Å²) >= 11 is 0. The number of carbonyl (C=O) groups excluding carboxylic acids is 1. The lowest BCUT2D eigenvalue weighted by Crippen LogP contribution is -2.42. The number of anilines is 1. The summed E-state index contributed by atoms with van der Waals surface area (Å²) in [6.45, 7) is 10.8. The van der Waals surface area contributed by atoms with Crippen LogP contribution in [0.4, 0.5) is 10.6 Å². The van der Waals surface area contributed by atoms with E-state index in [2.05, 4.69) is 24.0 Å². The predicted molar refractivity (Wildman–Crippen MR) is 100.0 cm³/mol. The highest BCUT2D eigenvalue weighted by atomic mass is 16.6. The molecule has 2 saturated heterocycles. The first kappa shape index (κ1) is 18.0. The smallest absolute Gasteiger partial charge is 0.410 e. The fourth-order valence-corrected chi connectivity index (χ4v) is 3.83. The van der Waals surface area contributed by atoms with Gasteiger partial charge in [0.05, 0.1) is 6.04 Å². The van der Waals surface area contributed by atoms with Gasteiger partial charge >= 0.3 is 6.09 Å². The minimum atomic E-state index is -0.466. The molecule has 0 radical (unpaired) electrons. The van der Waals surface area contributed by atoms with E-state index < -0.39 is 5.60 Å². The summed E-state index contributed by atoms with van der Waals surface area (Å²) < 4.78 is 5.63. The standard InChI is InChI=1S/C20H31N3O2/c1-15-16(10-11-18(21-15)22-12-7-8-13-22)17-9-5-6-14-23(17)19(24)25-20(2,3)4/h10-11,17H,5-9,12-14H2,1-4H3/t17-/m0/s1. The van der Waals surface area contributed by atoms with Gasteiger partial charge in [0.15, 0.2) is 0 Å². The predicted octanol–water partition coefficient (Wildman–Crippen LogP) is 4.45. The largest absolute Gasteiger partial charge is 0.444 e. The van der Waals surface area contributed by atoms with Gasteiger partial charge in [-0.25, -0.2) is 9.78 Å². The summed E-state index contributed by atoms with van der Waals surface area (Å²) in [4.78, 5) is 21.8. The van der Waals surface area contributed by atoms with Gasteiger partial charge in [-0.05, 0) is 71.4 Å². The number of aromatic nitrogens is 1. The van der Waals surface area contributed by atoms with Crippen LogP contribution in [0.3, 0.4) is 0 Å².